The minimum Gasteiger partial charge on any atom is -0.481 e. The number of amides is 1. The Labute approximate surface area is 181 Å². The number of halogens is 3. The number of nitrogens with zero attached hydrogens (tertiary/aromatic N) is 1. The molecule has 1 heterocycles. The van der Waals surface area contributed by atoms with E-state index in [2.05, 4.69) is 10.3 Å². The third-order valence-corrected chi connectivity index (χ3v) is 4.78. The molecule has 1 aromatic heterocycles. The van der Waals surface area contributed by atoms with Crippen molar-refractivity contribution in [2.45, 2.75) is 6.42 Å². The standard InChI is InChI=1S/C20H13Cl3N2O4/c21-14-4-2-12(9-15(14)22)20(28)25-13-3-6-18(24-10-13)29-17-5-1-11(7-16(17)23)8-19(26)27/h1-7,9-10H,8H2,(H,25,28)(H,26,27). The first-order valence-corrected chi connectivity index (χ1v) is 9.36. The molecular formula is C20H13Cl3N2O4. The molecule has 6 nitrogen and oxygen atoms in total. The number of aromatic nitrogens is 1. The van der Waals surface area contributed by atoms with Gasteiger partial charge in [0, 0.05) is 11.6 Å². The molecule has 0 unspecified atom stereocenters. The number of carboxylic acids is 1. The summed E-state index contributed by atoms with van der Waals surface area (Å²) in [5.41, 5.74) is 1.37. The van der Waals surface area contributed by atoms with Gasteiger partial charge in [0.1, 0.15) is 5.75 Å². The summed E-state index contributed by atoms with van der Waals surface area (Å²) < 4.78 is 5.61. The average molecular weight is 452 g/mol. The monoisotopic (exact) mass is 450 g/mol. The summed E-state index contributed by atoms with van der Waals surface area (Å²) in [6.07, 6.45) is 1.29. The molecule has 0 fully saturated rings. The van der Waals surface area contributed by atoms with E-state index in [4.69, 9.17) is 44.6 Å². The van der Waals surface area contributed by atoms with E-state index in [1.54, 1.807) is 36.4 Å². The summed E-state index contributed by atoms with van der Waals surface area (Å²) in [5, 5.41) is 12.4. The molecule has 29 heavy (non-hydrogen) atoms. The van der Waals surface area contributed by atoms with E-state index in [-0.39, 0.29) is 28.3 Å². The van der Waals surface area contributed by atoms with Gasteiger partial charge >= 0.3 is 5.97 Å². The van der Waals surface area contributed by atoms with Gasteiger partial charge in [-0.25, -0.2) is 4.98 Å². The first kappa shape index (κ1) is 20.9. The lowest BCUT2D eigenvalue weighted by Gasteiger charge is -2.09. The Bertz CT molecular complexity index is 1070. The molecule has 0 aliphatic heterocycles. The van der Waals surface area contributed by atoms with Crippen molar-refractivity contribution in [2.24, 2.45) is 0 Å². The Morgan fingerprint density at radius 1 is 0.966 bits per heavy atom. The Hall–Kier alpha value is -2.80. The van der Waals surface area contributed by atoms with Crippen LogP contribution in [-0.4, -0.2) is 22.0 Å². The summed E-state index contributed by atoms with van der Waals surface area (Å²) in [7, 11) is 0. The number of pyridine rings is 1. The molecule has 2 N–H and O–H groups in total. The molecule has 0 radical (unpaired) electrons. The Balaban J connectivity index is 1.66. The molecular weight excluding hydrogens is 439 g/mol. The van der Waals surface area contributed by atoms with Crippen molar-refractivity contribution in [3.63, 3.8) is 0 Å². The second-order valence-electron chi connectivity index (χ2n) is 5.91. The Morgan fingerprint density at radius 3 is 2.38 bits per heavy atom. The Morgan fingerprint density at radius 2 is 1.76 bits per heavy atom. The van der Waals surface area contributed by atoms with E-state index >= 15 is 0 Å². The van der Waals surface area contributed by atoms with Crippen LogP contribution in [0.25, 0.3) is 0 Å². The number of ether oxygens (including phenoxy) is 1. The van der Waals surface area contributed by atoms with E-state index in [0.717, 1.165) is 0 Å². The number of aliphatic carboxylic acids is 1. The number of anilines is 1. The van der Waals surface area contributed by atoms with Crippen LogP contribution in [0, 0.1) is 0 Å². The van der Waals surface area contributed by atoms with Gasteiger partial charge in [-0.05, 0) is 42.0 Å². The molecule has 0 atom stereocenters. The first-order chi connectivity index (χ1) is 13.8. The second kappa shape index (κ2) is 9.13. The highest BCUT2D eigenvalue weighted by atomic mass is 35.5. The van der Waals surface area contributed by atoms with E-state index < -0.39 is 5.97 Å². The zero-order chi connectivity index (χ0) is 21.0. The van der Waals surface area contributed by atoms with Crippen molar-refractivity contribution >= 4 is 52.4 Å². The largest absolute Gasteiger partial charge is 0.481 e. The fraction of sp³-hybridized carbons (Fsp3) is 0.0500. The maximum Gasteiger partial charge on any atom is 0.307 e. The Kier molecular flexibility index (Phi) is 6.59. The van der Waals surface area contributed by atoms with Crippen molar-refractivity contribution in [3.05, 3.63) is 80.9 Å². The topological polar surface area (TPSA) is 88.5 Å². The van der Waals surface area contributed by atoms with Crippen molar-refractivity contribution < 1.29 is 19.4 Å². The SMILES string of the molecule is O=C(O)Cc1ccc(Oc2ccc(NC(=O)c3ccc(Cl)c(Cl)c3)cn2)c(Cl)c1. The van der Waals surface area contributed by atoms with Crippen LogP contribution in [-0.2, 0) is 11.2 Å². The predicted octanol–water partition coefficient (Wildman–Crippen LogP) is 5.71. The third-order valence-electron chi connectivity index (χ3n) is 3.74. The zero-order valence-corrected chi connectivity index (χ0v) is 16.9. The van der Waals surface area contributed by atoms with E-state index in [1.165, 1.54) is 18.3 Å². The number of nitrogens with one attached hydrogen (secondary N) is 1. The number of rotatable bonds is 6. The zero-order valence-electron chi connectivity index (χ0n) is 14.7. The molecule has 0 aliphatic carbocycles. The molecule has 3 rings (SSSR count). The van der Waals surface area contributed by atoms with Crippen LogP contribution in [0.1, 0.15) is 15.9 Å². The number of hydrogen-bond donors (Lipinski definition) is 2. The maximum atomic E-state index is 12.3. The summed E-state index contributed by atoms with van der Waals surface area (Å²) in [6.45, 7) is 0. The fourth-order valence-electron chi connectivity index (χ4n) is 2.38. The van der Waals surface area contributed by atoms with Crippen molar-refractivity contribution in [3.8, 4) is 11.6 Å². The van der Waals surface area contributed by atoms with Gasteiger partial charge in [0.05, 0.1) is 33.4 Å². The van der Waals surface area contributed by atoms with Crippen molar-refractivity contribution in [2.75, 3.05) is 5.32 Å². The molecule has 0 saturated heterocycles. The summed E-state index contributed by atoms with van der Waals surface area (Å²) in [5.74, 6) is -0.725. The van der Waals surface area contributed by atoms with Crippen LogP contribution < -0.4 is 10.1 Å². The van der Waals surface area contributed by atoms with Crippen LogP contribution in [0.3, 0.4) is 0 Å². The third kappa shape index (κ3) is 5.60. The van der Waals surface area contributed by atoms with Crippen LogP contribution in [0.5, 0.6) is 11.6 Å². The highest BCUT2D eigenvalue weighted by Crippen LogP contribution is 2.30. The van der Waals surface area contributed by atoms with Crippen LogP contribution in [0.4, 0.5) is 5.69 Å². The first-order valence-electron chi connectivity index (χ1n) is 8.22. The molecule has 9 heteroatoms. The molecule has 0 spiro atoms. The summed E-state index contributed by atoms with van der Waals surface area (Å²) in [6, 6.07) is 12.5. The van der Waals surface area contributed by atoms with E-state index in [1.807, 2.05) is 0 Å². The normalized spacial score (nSPS) is 10.4. The van der Waals surface area contributed by atoms with Gasteiger partial charge in [0.25, 0.3) is 5.91 Å². The van der Waals surface area contributed by atoms with Gasteiger partial charge in [-0.15, -0.1) is 0 Å². The van der Waals surface area contributed by atoms with Gasteiger partial charge in [-0.3, -0.25) is 9.59 Å². The maximum absolute atomic E-state index is 12.3. The number of hydrogen-bond acceptors (Lipinski definition) is 4. The van der Waals surface area contributed by atoms with E-state index in [0.29, 0.717) is 27.6 Å². The molecule has 3 aromatic rings. The number of carbonyl (C=O) groups excluding carboxylic acids is 1. The van der Waals surface area contributed by atoms with Gasteiger partial charge < -0.3 is 15.2 Å². The average Bonchev–Trinajstić information content (AvgIpc) is 2.67. The lowest BCUT2D eigenvalue weighted by atomic mass is 10.1. The molecule has 0 bridgehead atoms. The van der Waals surface area contributed by atoms with Crippen molar-refractivity contribution in [1.82, 2.24) is 4.98 Å². The molecule has 148 valence electrons. The van der Waals surface area contributed by atoms with Gasteiger partial charge in [0.2, 0.25) is 5.88 Å². The minimum atomic E-state index is -0.949. The van der Waals surface area contributed by atoms with Crippen LogP contribution >= 0.6 is 34.8 Å². The van der Waals surface area contributed by atoms with Crippen LogP contribution in [0.15, 0.2) is 54.7 Å². The van der Waals surface area contributed by atoms with E-state index in [9.17, 15) is 9.59 Å². The molecule has 2 aromatic carbocycles. The molecule has 1 amide bonds. The van der Waals surface area contributed by atoms with Gasteiger partial charge in [-0.2, -0.15) is 0 Å². The second-order valence-corrected chi connectivity index (χ2v) is 7.13. The van der Waals surface area contributed by atoms with Gasteiger partial charge in [0.15, 0.2) is 0 Å². The predicted molar refractivity (Wildman–Crippen MR) is 112 cm³/mol. The summed E-state index contributed by atoms with van der Waals surface area (Å²) in [4.78, 5) is 27.2. The van der Waals surface area contributed by atoms with Crippen LogP contribution in [0.2, 0.25) is 15.1 Å². The summed E-state index contributed by atoms with van der Waals surface area (Å²) >= 11 is 17.9. The molecule has 0 aliphatic rings. The lowest BCUT2D eigenvalue weighted by molar-refractivity contribution is -0.136. The highest BCUT2D eigenvalue weighted by molar-refractivity contribution is 6.42. The number of benzene rings is 2. The van der Waals surface area contributed by atoms with Crippen molar-refractivity contribution in [1.29, 1.82) is 0 Å². The quantitative estimate of drug-likeness (QED) is 0.501. The lowest BCUT2D eigenvalue weighted by Crippen LogP contribution is -2.12. The minimum absolute atomic E-state index is 0.133. The van der Waals surface area contributed by atoms with Gasteiger partial charge in [-0.1, -0.05) is 40.9 Å². The highest BCUT2D eigenvalue weighted by Gasteiger charge is 2.10. The fourth-order valence-corrected chi connectivity index (χ4v) is 2.92. The smallest absolute Gasteiger partial charge is 0.307 e. The number of carboxylic acid groups (broad SMARTS) is 1. The molecule has 0 saturated carbocycles. The number of carbonyl (C=O) groups is 2.